The molecule has 0 bridgehead atoms. The van der Waals surface area contributed by atoms with Crippen LogP contribution in [0.1, 0.15) is 18.1 Å². The highest BCUT2D eigenvalue weighted by Gasteiger charge is 2.17. The quantitative estimate of drug-likeness (QED) is 0.554. The van der Waals surface area contributed by atoms with Gasteiger partial charge in [0.15, 0.2) is 5.16 Å². The van der Waals surface area contributed by atoms with Gasteiger partial charge in [-0.05, 0) is 50.1 Å². The van der Waals surface area contributed by atoms with Gasteiger partial charge in [0.1, 0.15) is 0 Å². The highest BCUT2D eigenvalue weighted by molar-refractivity contribution is 8.00. The fourth-order valence-electron chi connectivity index (χ4n) is 2.45. The summed E-state index contributed by atoms with van der Waals surface area (Å²) in [7, 11) is 0. The van der Waals surface area contributed by atoms with Crippen LogP contribution in [0, 0.1) is 13.8 Å². The van der Waals surface area contributed by atoms with Gasteiger partial charge in [0, 0.05) is 5.69 Å². The van der Waals surface area contributed by atoms with E-state index in [0.717, 1.165) is 16.8 Å². The maximum absolute atomic E-state index is 12.5. The standard InChI is InChI=1S/C19H19N3O2S/c1-11-8-9-12(2)16(10-11)20-17(23)13(3)25-19-21-15-7-5-4-6-14(15)18(24)22-19/h4-10,13H,1-3H3,(H,20,23)(H,21,22,24). The molecule has 1 atom stereocenters. The Kier molecular flexibility index (Phi) is 4.90. The van der Waals surface area contributed by atoms with Gasteiger partial charge < -0.3 is 10.3 Å². The molecule has 6 heteroatoms. The predicted octanol–water partition coefficient (Wildman–Crippen LogP) is 3.66. The van der Waals surface area contributed by atoms with E-state index in [1.54, 1.807) is 25.1 Å². The molecule has 0 aliphatic heterocycles. The number of carbonyl (C=O) groups is 1. The summed E-state index contributed by atoms with van der Waals surface area (Å²) in [4.78, 5) is 31.8. The lowest BCUT2D eigenvalue weighted by Crippen LogP contribution is -2.23. The molecule has 0 aliphatic rings. The van der Waals surface area contributed by atoms with E-state index in [-0.39, 0.29) is 11.5 Å². The van der Waals surface area contributed by atoms with E-state index in [0.29, 0.717) is 16.1 Å². The first-order chi connectivity index (χ1) is 11.9. The zero-order valence-corrected chi connectivity index (χ0v) is 15.1. The number of benzene rings is 2. The van der Waals surface area contributed by atoms with Crippen molar-refractivity contribution in [3.63, 3.8) is 0 Å². The average Bonchev–Trinajstić information content (AvgIpc) is 2.58. The molecule has 1 heterocycles. The number of rotatable bonds is 4. The van der Waals surface area contributed by atoms with Crippen LogP contribution in [0.15, 0.2) is 52.4 Å². The lowest BCUT2D eigenvalue weighted by Gasteiger charge is -2.13. The number of para-hydroxylation sites is 1. The first-order valence-corrected chi connectivity index (χ1v) is 8.86. The van der Waals surface area contributed by atoms with E-state index in [1.165, 1.54) is 11.8 Å². The molecule has 0 saturated carbocycles. The molecule has 3 aromatic rings. The normalized spacial score (nSPS) is 12.1. The van der Waals surface area contributed by atoms with Crippen molar-refractivity contribution >= 4 is 34.3 Å². The molecule has 0 saturated heterocycles. The second-order valence-corrected chi connectivity index (χ2v) is 7.29. The molecule has 0 aliphatic carbocycles. The summed E-state index contributed by atoms with van der Waals surface area (Å²) in [5.74, 6) is -0.130. The van der Waals surface area contributed by atoms with Crippen molar-refractivity contribution in [2.75, 3.05) is 5.32 Å². The topological polar surface area (TPSA) is 74.8 Å². The smallest absolute Gasteiger partial charge is 0.259 e. The number of aromatic nitrogens is 2. The molecule has 1 unspecified atom stereocenters. The summed E-state index contributed by atoms with van der Waals surface area (Å²) in [6.45, 7) is 5.73. The van der Waals surface area contributed by atoms with Crippen molar-refractivity contribution in [3.05, 3.63) is 63.9 Å². The molecule has 0 radical (unpaired) electrons. The van der Waals surface area contributed by atoms with Crippen LogP contribution in [0.4, 0.5) is 5.69 Å². The van der Waals surface area contributed by atoms with Crippen LogP contribution < -0.4 is 10.9 Å². The minimum absolute atomic E-state index is 0.130. The van der Waals surface area contributed by atoms with Crippen molar-refractivity contribution in [2.24, 2.45) is 0 Å². The van der Waals surface area contributed by atoms with Crippen molar-refractivity contribution in [1.82, 2.24) is 9.97 Å². The zero-order valence-electron chi connectivity index (χ0n) is 14.3. The van der Waals surface area contributed by atoms with Gasteiger partial charge in [-0.3, -0.25) is 9.59 Å². The van der Waals surface area contributed by atoms with Gasteiger partial charge in [0.25, 0.3) is 5.56 Å². The van der Waals surface area contributed by atoms with Crippen LogP contribution in [0.5, 0.6) is 0 Å². The summed E-state index contributed by atoms with van der Waals surface area (Å²) < 4.78 is 0. The lowest BCUT2D eigenvalue weighted by molar-refractivity contribution is -0.115. The fourth-order valence-corrected chi connectivity index (χ4v) is 3.25. The Morgan fingerprint density at radius 3 is 2.76 bits per heavy atom. The summed E-state index contributed by atoms with van der Waals surface area (Å²) in [5.41, 5.74) is 3.32. The van der Waals surface area contributed by atoms with Crippen molar-refractivity contribution in [1.29, 1.82) is 0 Å². The molecule has 25 heavy (non-hydrogen) atoms. The number of nitrogens with one attached hydrogen (secondary N) is 2. The van der Waals surface area contributed by atoms with Gasteiger partial charge in [-0.25, -0.2) is 4.98 Å². The zero-order chi connectivity index (χ0) is 18.0. The van der Waals surface area contributed by atoms with Gasteiger partial charge in [-0.15, -0.1) is 0 Å². The second-order valence-electron chi connectivity index (χ2n) is 5.96. The first-order valence-electron chi connectivity index (χ1n) is 7.98. The van der Waals surface area contributed by atoms with Crippen LogP contribution in [0.2, 0.25) is 0 Å². The second kappa shape index (κ2) is 7.11. The number of H-pyrrole nitrogens is 1. The van der Waals surface area contributed by atoms with Crippen LogP contribution in [-0.4, -0.2) is 21.1 Å². The molecule has 0 spiro atoms. The molecule has 0 fully saturated rings. The Bertz CT molecular complexity index is 997. The average molecular weight is 353 g/mol. The number of amides is 1. The SMILES string of the molecule is Cc1ccc(C)c(NC(=O)C(C)Sc2nc3ccccc3c(=O)[nH]2)c1. The Labute approximate surface area is 149 Å². The highest BCUT2D eigenvalue weighted by Crippen LogP contribution is 2.23. The maximum Gasteiger partial charge on any atom is 0.259 e. The highest BCUT2D eigenvalue weighted by atomic mass is 32.2. The predicted molar refractivity (Wildman–Crippen MR) is 102 cm³/mol. The van der Waals surface area contributed by atoms with E-state index >= 15 is 0 Å². The lowest BCUT2D eigenvalue weighted by atomic mass is 10.1. The Hall–Kier alpha value is -2.60. The van der Waals surface area contributed by atoms with Gasteiger partial charge in [0.2, 0.25) is 5.91 Å². The number of fused-ring (bicyclic) bond motifs is 1. The number of nitrogens with zero attached hydrogens (tertiary/aromatic N) is 1. The molecule has 2 N–H and O–H groups in total. The van der Waals surface area contributed by atoms with E-state index in [2.05, 4.69) is 15.3 Å². The molecule has 3 rings (SSSR count). The van der Waals surface area contributed by atoms with E-state index in [4.69, 9.17) is 0 Å². The number of aromatic amines is 1. The van der Waals surface area contributed by atoms with E-state index < -0.39 is 5.25 Å². The summed E-state index contributed by atoms with van der Waals surface area (Å²) in [6.07, 6.45) is 0. The number of anilines is 1. The van der Waals surface area contributed by atoms with Gasteiger partial charge in [-0.1, -0.05) is 36.0 Å². The van der Waals surface area contributed by atoms with Crippen LogP contribution in [-0.2, 0) is 4.79 Å². The van der Waals surface area contributed by atoms with Crippen molar-refractivity contribution < 1.29 is 4.79 Å². The minimum atomic E-state index is -0.399. The Balaban J connectivity index is 1.77. The molecule has 5 nitrogen and oxygen atoms in total. The molecule has 128 valence electrons. The van der Waals surface area contributed by atoms with Gasteiger partial charge in [-0.2, -0.15) is 0 Å². The summed E-state index contributed by atoms with van der Waals surface area (Å²) in [5, 5.41) is 3.52. The first kappa shape index (κ1) is 17.2. The maximum atomic E-state index is 12.5. The minimum Gasteiger partial charge on any atom is -0.325 e. The van der Waals surface area contributed by atoms with Gasteiger partial charge >= 0.3 is 0 Å². The third-order valence-electron chi connectivity index (χ3n) is 3.90. The van der Waals surface area contributed by atoms with Gasteiger partial charge in [0.05, 0.1) is 16.2 Å². The Morgan fingerprint density at radius 2 is 1.96 bits per heavy atom. The van der Waals surface area contributed by atoms with Crippen LogP contribution in [0.3, 0.4) is 0 Å². The summed E-state index contributed by atoms with van der Waals surface area (Å²) >= 11 is 1.23. The Morgan fingerprint density at radius 1 is 1.20 bits per heavy atom. The third kappa shape index (κ3) is 3.91. The molecule has 2 aromatic carbocycles. The largest absolute Gasteiger partial charge is 0.325 e. The van der Waals surface area contributed by atoms with E-state index in [1.807, 2.05) is 38.1 Å². The van der Waals surface area contributed by atoms with Crippen LogP contribution >= 0.6 is 11.8 Å². The molecule has 1 aromatic heterocycles. The number of hydrogen-bond acceptors (Lipinski definition) is 4. The number of thioether (sulfide) groups is 1. The number of aryl methyl sites for hydroxylation is 2. The van der Waals surface area contributed by atoms with Crippen LogP contribution in [0.25, 0.3) is 10.9 Å². The number of hydrogen-bond donors (Lipinski definition) is 2. The van der Waals surface area contributed by atoms with Crippen molar-refractivity contribution in [3.8, 4) is 0 Å². The fraction of sp³-hybridized carbons (Fsp3) is 0.211. The monoisotopic (exact) mass is 353 g/mol. The number of carbonyl (C=O) groups excluding carboxylic acids is 1. The molecular weight excluding hydrogens is 334 g/mol. The van der Waals surface area contributed by atoms with Crippen molar-refractivity contribution in [2.45, 2.75) is 31.2 Å². The third-order valence-corrected chi connectivity index (χ3v) is 4.88. The molecular formula is C19H19N3O2S. The van der Waals surface area contributed by atoms with E-state index in [9.17, 15) is 9.59 Å². The molecule has 1 amide bonds. The summed E-state index contributed by atoms with van der Waals surface area (Å²) in [6, 6.07) is 13.1.